The summed E-state index contributed by atoms with van der Waals surface area (Å²) < 4.78 is 0. The van der Waals surface area contributed by atoms with Crippen molar-refractivity contribution >= 4 is 18.2 Å². The van der Waals surface area contributed by atoms with Crippen LogP contribution in [0.3, 0.4) is 0 Å². The van der Waals surface area contributed by atoms with E-state index in [0.717, 1.165) is 0 Å². The molecule has 0 amide bonds. The van der Waals surface area contributed by atoms with Gasteiger partial charge in [-0.2, -0.15) is 0 Å². The molecule has 0 heterocycles. The Morgan fingerprint density at radius 2 is 0.714 bits per heavy atom. The zero-order chi connectivity index (χ0) is 19.7. The van der Waals surface area contributed by atoms with Crippen LogP contribution in [-0.2, 0) is 0 Å². The molecule has 0 spiro atoms. The number of benzene rings is 3. The summed E-state index contributed by atoms with van der Waals surface area (Å²) in [5, 5.41) is 0. The number of allylic oxidation sites excluding steroid dienone is 6. The minimum Gasteiger partial charge on any atom is -0.0991 e. The summed E-state index contributed by atoms with van der Waals surface area (Å²) in [5.41, 5.74) is 3.66. The SMILES string of the molecule is C(C=Cc1ccccc1)=Cc1ccccc1.C=CC=CC=Cc1ccccc1. The third kappa shape index (κ3) is 9.17. The molecule has 0 N–H and O–H groups in total. The van der Waals surface area contributed by atoms with Gasteiger partial charge < -0.3 is 0 Å². The smallest absolute Gasteiger partial charge is 0.0257 e. The molecule has 0 atom stereocenters. The van der Waals surface area contributed by atoms with E-state index < -0.39 is 0 Å². The lowest BCUT2D eigenvalue weighted by molar-refractivity contribution is 1.65. The minimum atomic E-state index is 1.21. The Morgan fingerprint density at radius 3 is 1.04 bits per heavy atom. The van der Waals surface area contributed by atoms with Crippen LogP contribution >= 0.6 is 0 Å². The lowest BCUT2D eigenvalue weighted by atomic mass is 10.2. The fraction of sp³-hybridized carbons (Fsp3) is 0. The largest absolute Gasteiger partial charge is 0.0991 e. The van der Waals surface area contributed by atoms with E-state index in [4.69, 9.17) is 0 Å². The van der Waals surface area contributed by atoms with Crippen LogP contribution in [0.5, 0.6) is 0 Å². The van der Waals surface area contributed by atoms with Crippen molar-refractivity contribution in [1.29, 1.82) is 0 Å². The Bertz CT molecular complexity index is 849. The molecule has 0 saturated carbocycles. The fourth-order valence-corrected chi connectivity index (χ4v) is 2.34. The van der Waals surface area contributed by atoms with Crippen molar-refractivity contribution in [2.45, 2.75) is 0 Å². The molecule has 0 heteroatoms. The van der Waals surface area contributed by atoms with Gasteiger partial charge in [0.05, 0.1) is 0 Å². The predicted octanol–water partition coefficient (Wildman–Crippen LogP) is 7.86. The van der Waals surface area contributed by atoms with E-state index in [-0.39, 0.29) is 0 Å². The lowest BCUT2D eigenvalue weighted by Crippen LogP contribution is -1.68. The molecule has 0 radical (unpaired) electrons. The van der Waals surface area contributed by atoms with Gasteiger partial charge in [-0.05, 0) is 16.7 Å². The van der Waals surface area contributed by atoms with E-state index in [1.165, 1.54) is 16.7 Å². The minimum absolute atomic E-state index is 1.21. The highest BCUT2D eigenvalue weighted by Gasteiger charge is 1.82. The van der Waals surface area contributed by atoms with Gasteiger partial charge in [0, 0.05) is 0 Å². The van der Waals surface area contributed by atoms with Crippen LogP contribution in [0.15, 0.2) is 134 Å². The van der Waals surface area contributed by atoms with Crippen molar-refractivity contribution in [2.75, 3.05) is 0 Å². The molecule has 0 unspecified atom stereocenters. The maximum absolute atomic E-state index is 3.58. The van der Waals surface area contributed by atoms with Gasteiger partial charge in [0.25, 0.3) is 0 Å². The van der Waals surface area contributed by atoms with Crippen molar-refractivity contribution in [3.05, 3.63) is 151 Å². The highest BCUT2D eigenvalue weighted by atomic mass is 13.9. The van der Waals surface area contributed by atoms with E-state index in [0.29, 0.717) is 0 Å². The summed E-state index contributed by atoms with van der Waals surface area (Å²) in [4.78, 5) is 0. The molecule has 0 nitrogen and oxygen atoms in total. The Kier molecular flexibility index (Phi) is 10.0. The second kappa shape index (κ2) is 13.5. The average molecular weight is 363 g/mol. The van der Waals surface area contributed by atoms with E-state index >= 15 is 0 Å². The topological polar surface area (TPSA) is 0 Å². The molecule has 0 bridgehead atoms. The van der Waals surface area contributed by atoms with Gasteiger partial charge in [-0.3, -0.25) is 0 Å². The van der Waals surface area contributed by atoms with Crippen LogP contribution in [-0.4, -0.2) is 0 Å². The summed E-state index contributed by atoms with van der Waals surface area (Å²) in [7, 11) is 0. The summed E-state index contributed by atoms with van der Waals surface area (Å²) in [6, 6.07) is 30.8. The maximum atomic E-state index is 3.58. The van der Waals surface area contributed by atoms with E-state index in [9.17, 15) is 0 Å². The van der Waals surface area contributed by atoms with Gasteiger partial charge in [-0.25, -0.2) is 0 Å². The van der Waals surface area contributed by atoms with E-state index in [1.54, 1.807) is 6.08 Å². The van der Waals surface area contributed by atoms with Crippen molar-refractivity contribution < 1.29 is 0 Å². The Balaban J connectivity index is 0.000000209. The fourth-order valence-electron chi connectivity index (χ4n) is 2.34. The third-order valence-electron chi connectivity index (χ3n) is 3.73. The first-order chi connectivity index (χ1) is 13.9. The van der Waals surface area contributed by atoms with Crippen LogP contribution in [0.2, 0.25) is 0 Å². The molecule has 0 fully saturated rings. The monoisotopic (exact) mass is 362 g/mol. The van der Waals surface area contributed by atoms with Crippen LogP contribution in [0.4, 0.5) is 0 Å². The van der Waals surface area contributed by atoms with Gasteiger partial charge in [0.15, 0.2) is 0 Å². The molecule has 28 heavy (non-hydrogen) atoms. The van der Waals surface area contributed by atoms with E-state index in [1.807, 2.05) is 72.8 Å². The molecule has 3 aromatic rings. The van der Waals surface area contributed by atoms with Crippen LogP contribution in [0, 0.1) is 0 Å². The van der Waals surface area contributed by atoms with Gasteiger partial charge in [0.2, 0.25) is 0 Å². The molecular formula is C28H26. The molecule has 0 aliphatic heterocycles. The molecule has 0 aliphatic rings. The Morgan fingerprint density at radius 1 is 0.393 bits per heavy atom. The molecule has 0 saturated heterocycles. The molecule has 0 aliphatic carbocycles. The maximum Gasteiger partial charge on any atom is -0.0257 e. The van der Waals surface area contributed by atoms with Crippen molar-refractivity contribution in [1.82, 2.24) is 0 Å². The summed E-state index contributed by atoms with van der Waals surface area (Å²) >= 11 is 0. The summed E-state index contributed by atoms with van der Waals surface area (Å²) in [5.74, 6) is 0. The van der Waals surface area contributed by atoms with Gasteiger partial charge >= 0.3 is 0 Å². The van der Waals surface area contributed by atoms with Crippen LogP contribution < -0.4 is 0 Å². The van der Waals surface area contributed by atoms with Crippen LogP contribution in [0.25, 0.3) is 18.2 Å². The normalized spacial score (nSPS) is 11.1. The Hall–Kier alpha value is -3.64. The standard InChI is InChI=1S/C16H14.C12H12/c1-3-9-15(10-4-1)13-7-8-14-16-11-5-2-6-12-16;1-2-3-4-6-9-12-10-7-5-8-11-12/h1-14H;2-11H,1H2. The highest BCUT2D eigenvalue weighted by molar-refractivity contribution is 5.56. The molecule has 3 rings (SSSR count). The summed E-state index contributed by atoms with van der Waals surface area (Å²) in [6.45, 7) is 3.58. The second-order valence-electron chi connectivity index (χ2n) is 5.93. The molecule has 138 valence electrons. The number of hydrogen-bond donors (Lipinski definition) is 0. The third-order valence-corrected chi connectivity index (χ3v) is 3.73. The van der Waals surface area contributed by atoms with Gasteiger partial charge in [-0.15, -0.1) is 0 Å². The first-order valence-corrected chi connectivity index (χ1v) is 9.34. The Labute approximate surface area is 169 Å². The van der Waals surface area contributed by atoms with E-state index in [2.05, 4.69) is 73.4 Å². The zero-order valence-corrected chi connectivity index (χ0v) is 16.1. The number of hydrogen-bond acceptors (Lipinski definition) is 0. The predicted molar refractivity (Wildman–Crippen MR) is 126 cm³/mol. The molecule has 0 aromatic heterocycles. The zero-order valence-electron chi connectivity index (χ0n) is 16.1. The average Bonchev–Trinajstić information content (AvgIpc) is 2.77. The molecule has 3 aromatic carbocycles. The van der Waals surface area contributed by atoms with Gasteiger partial charge in [-0.1, -0.05) is 152 Å². The van der Waals surface area contributed by atoms with Crippen molar-refractivity contribution in [2.24, 2.45) is 0 Å². The van der Waals surface area contributed by atoms with Crippen molar-refractivity contribution in [3.63, 3.8) is 0 Å². The molecular weight excluding hydrogens is 336 g/mol. The first kappa shape index (κ1) is 20.7. The summed E-state index contributed by atoms with van der Waals surface area (Å²) in [6.07, 6.45) is 18.0. The van der Waals surface area contributed by atoms with Crippen LogP contribution in [0.1, 0.15) is 16.7 Å². The quantitative estimate of drug-likeness (QED) is 0.392. The van der Waals surface area contributed by atoms with Gasteiger partial charge in [0.1, 0.15) is 0 Å². The highest BCUT2D eigenvalue weighted by Crippen LogP contribution is 2.04. The first-order valence-electron chi connectivity index (χ1n) is 9.34. The second-order valence-corrected chi connectivity index (χ2v) is 5.93. The lowest BCUT2D eigenvalue weighted by Gasteiger charge is -1.90. The number of rotatable bonds is 6. The van der Waals surface area contributed by atoms with Crippen molar-refractivity contribution in [3.8, 4) is 0 Å².